The zero-order valence-electron chi connectivity index (χ0n) is 10.6. The van der Waals surface area contributed by atoms with E-state index in [1.807, 2.05) is 25.1 Å². The van der Waals surface area contributed by atoms with Crippen LogP contribution in [-0.4, -0.2) is 16.7 Å². The van der Waals surface area contributed by atoms with E-state index in [2.05, 4.69) is 26.2 Å². The highest BCUT2D eigenvalue weighted by Gasteiger charge is 2.02. The smallest absolute Gasteiger partial charge is 0.213 e. The molecule has 1 heterocycles. The van der Waals surface area contributed by atoms with Gasteiger partial charge in [0, 0.05) is 22.6 Å². The average molecular weight is 323 g/mol. The topological polar surface area (TPSA) is 54.4 Å². The zero-order valence-corrected chi connectivity index (χ0v) is 12.1. The number of pyridine rings is 1. The molecule has 0 aliphatic carbocycles. The molecule has 100 valence electrons. The largest absolute Gasteiger partial charge is 0.508 e. The van der Waals surface area contributed by atoms with Crippen LogP contribution in [0.5, 0.6) is 11.6 Å². The number of hydrogen-bond donors (Lipinski definition) is 2. The first kappa shape index (κ1) is 13.7. The van der Waals surface area contributed by atoms with Crippen LogP contribution in [0.1, 0.15) is 12.5 Å². The lowest BCUT2D eigenvalue weighted by Gasteiger charge is -2.09. The molecule has 0 atom stereocenters. The minimum atomic E-state index is 0.273. The van der Waals surface area contributed by atoms with Crippen LogP contribution >= 0.6 is 15.9 Å². The van der Waals surface area contributed by atoms with E-state index in [1.54, 1.807) is 18.3 Å². The van der Waals surface area contributed by atoms with Gasteiger partial charge in [0.05, 0.1) is 18.5 Å². The molecule has 0 saturated heterocycles. The molecule has 2 rings (SSSR count). The summed E-state index contributed by atoms with van der Waals surface area (Å²) in [5.74, 6) is 0.882. The third-order valence-electron chi connectivity index (χ3n) is 2.55. The number of phenols is 1. The van der Waals surface area contributed by atoms with E-state index in [0.29, 0.717) is 19.0 Å². The van der Waals surface area contributed by atoms with Crippen LogP contribution in [0.15, 0.2) is 41.0 Å². The molecular formula is C14H15BrN2O2. The Hall–Kier alpha value is -1.75. The van der Waals surface area contributed by atoms with Crippen molar-refractivity contribution in [1.82, 2.24) is 4.98 Å². The molecule has 1 aromatic carbocycles. The molecular weight excluding hydrogens is 308 g/mol. The van der Waals surface area contributed by atoms with Gasteiger partial charge < -0.3 is 15.2 Å². The minimum Gasteiger partial charge on any atom is -0.508 e. The second-order valence-corrected chi connectivity index (χ2v) is 4.86. The average Bonchev–Trinajstić information content (AvgIpc) is 2.42. The van der Waals surface area contributed by atoms with E-state index >= 15 is 0 Å². The Morgan fingerprint density at radius 3 is 2.84 bits per heavy atom. The van der Waals surface area contributed by atoms with E-state index in [1.165, 1.54) is 0 Å². The van der Waals surface area contributed by atoms with E-state index in [0.717, 1.165) is 15.7 Å². The first-order chi connectivity index (χ1) is 9.19. The van der Waals surface area contributed by atoms with Crippen LogP contribution in [0, 0.1) is 0 Å². The number of nitrogens with zero attached hydrogens (tertiary/aromatic N) is 1. The molecule has 0 amide bonds. The van der Waals surface area contributed by atoms with Gasteiger partial charge in [-0.05, 0) is 31.2 Å². The molecule has 4 nitrogen and oxygen atoms in total. The van der Waals surface area contributed by atoms with Gasteiger partial charge in [0.2, 0.25) is 5.88 Å². The SMILES string of the molecule is CCOc1ccc(NCc2cc(Br)ccc2O)cn1. The quantitative estimate of drug-likeness (QED) is 0.883. The Morgan fingerprint density at radius 1 is 1.32 bits per heavy atom. The molecule has 19 heavy (non-hydrogen) atoms. The second-order valence-electron chi connectivity index (χ2n) is 3.94. The predicted molar refractivity (Wildman–Crippen MR) is 78.5 cm³/mol. The number of halogens is 1. The molecule has 0 fully saturated rings. The van der Waals surface area contributed by atoms with Crippen LogP contribution in [0.4, 0.5) is 5.69 Å². The van der Waals surface area contributed by atoms with Gasteiger partial charge in [-0.15, -0.1) is 0 Å². The fraction of sp³-hybridized carbons (Fsp3) is 0.214. The van der Waals surface area contributed by atoms with Crippen LogP contribution in [0.25, 0.3) is 0 Å². The van der Waals surface area contributed by atoms with E-state index < -0.39 is 0 Å². The Kier molecular flexibility index (Phi) is 4.63. The number of nitrogens with one attached hydrogen (secondary N) is 1. The van der Waals surface area contributed by atoms with Crippen molar-refractivity contribution < 1.29 is 9.84 Å². The van der Waals surface area contributed by atoms with E-state index in [4.69, 9.17) is 4.74 Å². The summed E-state index contributed by atoms with van der Waals surface area (Å²) in [7, 11) is 0. The van der Waals surface area contributed by atoms with Crippen LogP contribution in [-0.2, 0) is 6.54 Å². The number of hydrogen-bond acceptors (Lipinski definition) is 4. The van der Waals surface area contributed by atoms with E-state index in [-0.39, 0.29) is 5.75 Å². The van der Waals surface area contributed by atoms with Crippen molar-refractivity contribution in [2.45, 2.75) is 13.5 Å². The van der Waals surface area contributed by atoms with E-state index in [9.17, 15) is 5.11 Å². The summed E-state index contributed by atoms with van der Waals surface area (Å²) in [6, 6.07) is 9.05. The molecule has 0 radical (unpaired) electrons. The van der Waals surface area contributed by atoms with Crippen molar-refractivity contribution in [2.75, 3.05) is 11.9 Å². The summed E-state index contributed by atoms with van der Waals surface area (Å²) in [6.45, 7) is 3.05. The number of benzene rings is 1. The summed E-state index contributed by atoms with van der Waals surface area (Å²) in [5, 5.41) is 12.9. The fourth-order valence-electron chi connectivity index (χ4n) is 1.61. The lowest BCUT2D eigenvalue weighted by molar-refractivity contribution is 0.327. The molecule has 2 N–H and O–H groups in total. The summed E-state index contributed by atoms with van der Waals surface area (Å²) >= 11 is 3.38. The zero-order chi connectivity index (χ0) is 13.7. The minimum absolute atomic E-state index is 0.273. The first-order valence-corrected chi connectivity index (χ1v) is 6.78. The third-order valence-corrected chi connectivity index (χ3v) is 3.05. The Balaban J connectivity index is 2.00. The first-order valence-electron chi connectivity index (χ1n) is 5.99. The third kappa shape index (κ3) is 3.86. The van der Waals surface area contributed by atoms with Gasteiger partial charge in [0.15, 0.2) is 0 Å². The van der Waals surface area contributed by atoms with Gasteiger partial charge >= 0.3 is 0 Å². The number of rotatable bonds is 5. The normalized spacial score (nSPS) is 10.2. The van der Waals surface area contributed by atoms with Gasteiger partial charge in [-0.1, -0.05) is 15.9 Å². The van der Waals surface area contributed by atoms with Crippen molar-refractivity contribution >= 4 is 21.6 Å². The number of aromatic hydroxyl groups is 1. The van der Waals surface area contributed by atoms with Crippen molar-refractivity contribution in [3.63, 3.8) is 0 Å². The Bertz CT molecular complexity index is 544. The number of ether oxygens (including phenoxy) is 1. The predicted octanol–water partition coefficient (Wildman–Crippen LogP) is 3.56. The number of phenolic OH excluding ortho intramolecular Hbond substituents is 1. The summed E-state index contributed by atoms with van der Waals surface area (Å²) in [5.41, 5.74) is 1.70. The molecule has 1 aromatic heterocycles. The maximum absolute atomic E-state index is 9.73. The van der Waals surface area contributed by atoms with Gasteiger partial charge in [-0.25, -0.2) is 4.98 Å². The lowest BCUT2D eigenvalue weighted by Crippen LogP contribution is -2.01. The fourth-order valence-corrected chi connectivity index (χ4v) is 2.02. The highest BCUT2D eigenvalue weighted by atomic mass is 79.9. The van der Waals surface area contributed by atoms with Gasteiger partial charge in [-0.3, -0.25) is 0 Å². The molecule has 5 heteroatoms. The van der Waals surface area contributed by atoms with Gasteiger partial charge in [-0.2, -0.15) is 0 Å². The summed E-state index contributed by atoms with van der Waals surface area (Å²) in [4.78, 5) is 4.16. The maximum Gasteiger partial charge on any atom is 0.213 e. The van der Waals surface area contributed by atoms with Crippen LogP contribution < -0.4 is 10.1 Å². The molecule has 2 aromatic rings. The molecule has 0 unspecified atom stereocenters. The molecule has 0 bridgehead atoms. The number of anilines is 1. The highest BCUT2D eigenvalue weighted by molar-refractivity contribution is 9.10. The number of aromatic nitrogens is 1. The summed E-state index contributed by atoms with van der Waals surface area (Å²) < 4.78 is 6.21. The van der Waals surface area contributed by atoms with Crippen LogP contribution in [0.3, 0.4) is 0 Å². The lowest BCUT2D eigenvalue weighted by atomic mass is 10.2. The van der Waals surface area contributed by atoms with Gasteiger partial charge in [0.1, 0.15) is 5.75 Å². The molecule has 0 spiro atoms. The van der Waals surface area contributed by atoms with Crippen LogP contribution in [0.2, 0.25) is 0 Å². The highest BCUT2D eigenvalue weighted by Crippen LogP contribution is 2.23. The van der Waals surface area contributed by atoms with Crippen molar-refractivity contribution in [3.05, 3.63) is 46.6 Å². The molecule has 0 aliphatic heterocycles. The second kappa shape index (κ2) is 6.43. The van der Waals surface area contributed by atoms with Crippen molar-refractivity contribution in [3.8, 4) is 11.6 Å². The Morgan fingerprint density at radius 2 is 2.16 bits per heavy atom. The summed E-state index contributed by atoms with van der Waals surface area (Å²) in [6.07, 6.45) is 1.71. The standard InChI is InChI=1S/C14H15BrN2O2/c1-2-19-14-6-4-12(9-17-14)16-8-10-7-11(15)3-5-13(10)18/h3-7,9,16,18H,2,8H2,1H3. The monoisotopic (exact) mass is 322 g/mol. The van der Waals surface area contributed by atoms with Crippen molar-refractivity contribution in [2.24, 2.45) is 0 Å². The van der Waals surface area contributed by atoms with Crippen molar-refractivity contribution in [1.29, 1.82) is 0 Å². The maximum atomic E-state index is 9.73. The molecule has 0 aliphatic rings. The Labute approximate surface area is 120 Å². The van der Waals surface area contributed by atoms with Gasteiger partial charge in [0.25, 0.3) is 0 Å². The molecule has 0 saturated carbocycles.